The SMILES string of the molecule is COCCn1cccc1C(=O)NCCN. The van der Waals surface area contributed by atoms with Crippen LogP contribution in [0.2, 0.25) is 0 Å². The third kappa shape index (κ3) is 3.38. The highest BCUT2D eigenvalue weighted by molar-refractivity contribution is 5.92. The predicted molar refractivity (Wildman–Crippen MR) is 57.7 cm³/mol. The molecule has 0 saturated heterocycles. The van der Waals surface area contributed by atoms with Gasteiger partial charge in [-0.15, -0.1) is 0 Å². The van der Waals surface area contributed by atoms with Gasteiger partial charge in [0.25, 0.3) is 5.91 Å². The van der Waals surface area contributed by atoms with Crippen LogP contribution in [0.3, 0.4) is 0 Å². The van der Waals surface area contributed by atoms with Crippen LogP contribution in [0.15, 0.2) is 18.3 Å². The first-order valence-electron chi connectivity index (χ1n) is 4.92. The van der Waals surface area contributed by atoms with Crippen LogP contribution >= 0.6 is 0 Å². The van der Waals surface area contributed by atoms with Gasteiger partial charge in [0.2, 0.25) is 0 Å². The summed E-state index contributed by atoms with van der Waals surface area (Å²) in [6.45, 7) is 2.21. The molecule has 0 fully saturated rings. The summed E-state index contributed by atoms with van der Waals surface area (Å²) in [6.07, 6.45) is 1.86. The van der Waals surface area contributed by atoms with Gasteiger partial charge < -0.3 is 20.4 Å². The molecule has 15 heavy (non-hydrogen) atoms. The number of rotatable bonds is 6. The first-order chi connectivity index (χ1) is 7.29. The van der Waals surface area contributed by atoms with Gasteiger partial charge in [0.15, 0.2) is 0 Å². The standard InChI is InChI=1S/C10H17N3O2/c1-15-8-7-13-6-2-3-9(13)10(14)12-5-4-11/h2-3,6H,4-5,7-8,11H2,1H3,(H,12,14). The smallest absolute Gasteiger partial charge is 0.267 e. The van der Waals surface area contributed by atoms with Crippen LogP contribution in [0.1, 0.15) is 10.5 Å². The number of carbonyl (C=O) groups is 1. The fourth-order valence-corrected chi connectivity index (χ4v) is 1.28. The maximum atomic E-state index is 11.6. The molecule has 3 N–H and O–H groups in total. The number of nitrogens with zero attached hydrogens (tertiary/aromatic N) is 1. The van der Waals surface area contributed by atoms with Crippen molar-refractivity contribution >= 4 is 5.91 Å². The van der Waals surface area contributed by atoms with E-state index < -0.39 is 0 Å². The van der Waals surface area contributed by atoms with Gasteiger partial charge in [-0.3, -0.25) is 4.79 Å². The zero-order valence-corrected chi connectivity index (χ0v) is 8.90. The summed E-state index contributed by atoms with van der Waals surface area (Å²) in [6, 6.07) is 3.62. The third-order valence-corrected chi connectivity index (χ3v) is 2.03. The Morgan fingerprint density at radius 1 is 1.67 bits per heavy atom. The van der Waals surface area contributed by atoms with Crippen molar-refractivity contribution in [2.45, 2.75) is 6.54 Å². The molecule has 1 aromatic rings. The Bertz CT molecular complexity index is 309. The lowest BCUT2D eigenvalue weighted by Crippen LogP contribution is -2.30. The second-order valence-electron chi connectivity index (χ2n) is 3.12. The van der Waals surface area contributed by atoms with Crippen LogP contribution in [0.25, 0.3) is 0 Å². The first kappa shape index (κ1) is 11.7. The largest absolute Gasteiger partial charge is 0.383 e. The van der Waals surface area contributed by atoms with E-state index in [-0.39, 0.29) is 5.91 Å². The molecule has 0 spiro atoms. The molecule has 0 bridgehead atoms. The Hall–Kier alpha value is -1.33. The number of nitrogens with one attached hydrogen (secondary N) is 1. The number of hydrogen-bond acceptors (Lipinski definition) is 3. The van der Waals surface area contributed by atoms with Crippen LogP contribution in [-0.4, -0.2) is 37.3 Å². The van der Waals surface area contributed by atoms with Gasteiger partial charge in [-0.1, -0.05) is 0 Å². The summed E-state index contributed by atoms with van der Waals surface area (Å²) >= 11 is 0. The summed E-state index contributed by atoms with van der Waals surface area (Å²) in [4.78, 5) is 11.6. The molecule has 0 aliphatic heterocycles. The van der Waals surface area contributed by atoms with E-state index in [1.807, 2.05) is 16.8 Å². The Balaban J connectivity index is 2.58. The lowest BCUT2D eigenvalue weighted by Gasteiger charge is -2.08. The number of hydrogen-bond donors (Lipinski definition) is 2. The topological polar surface area (TPSA) is 69.3 Å². The quantitative estimate of drug-likeness (QED) is 0.686. The summed E-state index contributed by atoms with van der Waals surface area (Å²) in [5, 5.41) is 2.73. The maximum absolute atomic E-state index is 11.6. The average Bonchev–Trinajstić information content (AvgIpc) is 2.71. The van der Waals surface area contributed by atoms with E-state index in [1.54, 1.807) is 13.2 Å². The summed E-state index contributed by atoms with van der Waals surface area (Å²) in [5.41, 5.74) is 5.95. The van der Waals surface area contributed by atoms with Crippen molar-refractivity contribution in [3.05, 3.63) is 24.0 Å². The Kier molecular flexibility index (Phi) is 4.86. The first-order valence-corrected chi connectivity index (χ1v) is 4.92. The van der Waals surface area contributed by atoms with E-state index in [4.69, 9.17) is 10.5 Å². The van der Waals surface area contributed by atoms with Crippen molar-refractivity contribution in [1.82, 2.24) is 9.88 Å². The molecule has 1 rings (SSSR count). The molecule has 5 nitrogen and oxygen atoms in total. The van der Waals surface area contributed by atoms with Gasteiger partial charge >= 0.3 is 0 Å². The van der Waals surface area contributed by atoms with Crippen LogP contribution < -0.4 is 11.1 Å². The maximum Gasteiger partial charge on any atom is 0.267 e. The van der Waals surface area contributed by atoms with Gasteiger partial charge in [0, 0.05) is 32.9 Å². The second-order valence-corrected chi connectivity index (χ2v) is 3.12. The molecule has 1 aromatic heterocycles. The van der Waals surface area contributed by atoms with Crippen LogP contribution in [0, 0.1) is 0 Å². The van der Waals surface area contributed by atoms with E-state index >= 15 is 0 Å². The molecule has 0 aliphatic carbocycles. The number of methoxy groups -OCH3 is 1. The number of amides is 1. The minimum Gasteiger partial charge on any atom is -0.383 e. The molecule has 1 heterocycles. The fourth-order valence-electron chi connectivity index (χ4n) is 1.28. The minimum absolute atomic E-state index is 0.0958. The summed E-state index contributed by atoms with van der Waals surface area (Å²) < 4.78 is 6.81. The molecule has 0 radical (unpaired) electrons. The Morgan fingerprint density at radius 3 is 3.13 bits per heavy atom. The normalized spacial score (nSPS) is 10.3. The fraction of sp³-hybridized carbons (Fsp3) is 0.500. The van der Waals surface area contributed by atoms with Crippen molar-refractivity contribution in [3.63, 3.8) is 0 Å². The predicted octanol–water partition coefficient (Wildman–Crippen LogP) is -0.177. The molecule has 1 amide bonds. The molecule has 84 valence electrons. The molecular formula is C10H17N3O2. The van der Waals surface area contributed by atoms with E-state index in [0.717, 1.165) is 0 Å². The van der Waals surface area contributed by atoms with Gasteiger partial charge in [0.1, 0.15) is 5.69 Å². The van der Waals surface area contributed by atoms with Crippen molar-refractivity contribution in [3.8, 4) is 0 Å². The molecular weight excluding hydrogens is 194 g/mol. The second kappa shape index (κ2) is 6.21. The number of ether oxygens (including phenoxy) is 1. The number of nitrogens with two attached hydrogens (primary N) is 1. The van der Waals surface area contributed by atoms with Crippen molar-refractivity contribution in [2.75, 3.05) is 26.8 Å². The van der Waals surface area contributed by atoms with Crippen molar-refractivity contribution in [2.24, 2.45) is 5.73 Å². The zero-order chi connectivity index (χ0) is 11.1. The highest BCUT2D eigenvalue weighted by Crippen LogP contribution is 2.01. The monoisotopic (exact) mass is 211 g/mol. The van der Waals surface area contributed by atoms with E-state index in [1.165, 1.54) is 0 Å². The molecule has 0 aliphatic rings. The van der Waals surface area contributed by atoms with E-state index in [0.29, 0.717) is 31.9 Å². The summed E-state index contributed by atoms with van der Waals surface area (Å²) in [7, 11) is 1.64. The van der Waals surface area contributed by atoms with Crippen LogP contribution in [-0.2, 0) is 11.3 Å². The van der Waals surface area contributed by atoms with Crippen molar-refractivity contribution in [1.29, 1.82) is 0 Å². The molecule has 0 atom stereocenters. The van der Waals surface area contributed by atoms with Gasteiger partial charge in [-0.25, -0.2) is 0 Å². The number of carbonyl (C=O) groups excluding carboxylic acids is 1. The van der Waals surface area contributed by atoms with Gasteiger partial charge in [-0.05, 0) is 12.1 Å². The van der Waals surface area contributed by atoms with Crippen molar-refractivity contribution < 1.29 is 9.53 Å². The van der Waals surface area contributed by atoms with Gasteiger partial charge in [0.05, 0.1) is 6.61 Å². The molecule has 0 aromatic carbocycles. The molecule has 5 heteroatoms. The average molecular weight is 211 g/mol. The van der Waals surface area contributed by atoms with E-state index in [9.17, 15) is 4.79 Å². The zero-order valence-electron chi connectivity index (χ0n) is 8.90. The molecule has 0 saturated carbocycles. The highest BCUT2D eigenvalue weighted by Gasteiger charge is 2.08. The Labute approximate surface area is 89.2 Å². The summed E-state index contributed by atoms with van der Waals surface area (Å²) in [5.74, 6) is -0.0958. The third-order valence-electron chi connectivity index (χ3n) is 2.03. The van der Waals surface area contributed by atoms with Gasteiger partial charge in [-0.2, -0.15) is 0 Å². The highest BCUT2D eigenvalue weighted by atomic mass is 16.5. The van der Waals surface area contributed by atoms with Crippen LogP contribution in [0.4, 0.5) is 0 Å². The number of aromatic nitrogens is 1. The lowest BCUT2D eigenvalue weighted by molar-refractivity contribution is 0.0942. The minimum atomic E-state index is -0.0958. The van der Waals surface area contributed by atoms with E-state index in [2.05, 4.69) is 5.32 Å². The van der Waals surface area contributed by atoms with Crippen LogP contribution in [0.5, 0.6) is 0 Å². The Morgan fingerprint density at radius 2 is 2.47 bits per heavy atom. The lowest BCUT2D eigenvalue weighted by atomic mass is 10.4. The molecule has 0 unspecified atom stereocenters.